The van der Waals surface area contributed by atoms with Gasteiger partial charge in [-0.15, -0.1) is 0 Å². The largest absolute Gasteiger partial charge is 0.383 e. The van der Waals surface area contributed by atoms with Crippen molar-refractivity contribution in [1.82, 2.24) is 16.0 Å². The Bertz CT molecular complexity index is 554. The Morgan fingerprint density at radius 2 is 1.88 bits per heavy atom. The highest BCUT2D eigenvalue weighted by Crippen LogP contribution is 2.40. The van der Waals surface area contributed by atoms with Gasteiger partial charge in [-0.1, -0.05) is 43.2 Å². The number of amides is 1. The summed E-state index contributed by atoms with van der Waals surface area (Å²) in [5, 5.41) is 9.27. The highest BCUT2D eigenvalue weighted by Gasteiger charge is 2.35. The van der Waals surface area contributed by atoms with Crippen LogP contribution in [0.4, 0.5) is 0 Å². The van der Waals surface area contributed by atoms with Crippen molar-refractivity contribution in [3.8, 4) is 0 Å². The van der Waals surface area contributed by atoms with Crippen LogP contribution in [-0.4, -0.2) is 52.3 Å². The number of aliphatic imine (C=N–C) groups is 1. The van der Waals surface area contributed by atoms with Crippen LogP contribution < -0.4 is 16.0 Å². The number of carbonyl (C=O) groups is 1. The highest BCUT2D eigenvalue weighted by molar-refractivity contribution is 5.86. The number of hydrogen-bond donors (Lipinski definition) is 3. The second-order valence-electron chi connectivity index (χ2n) is 6.48. The molecule has 1 fully saturated rings. The third-order valence-electron chi connectivity index (χ3n) is 4.81. The molecule has 6 heteroatoms. The molecule has 1 aliphatic rings. The lowest BCUT2D eigenvalue weighted by atomic mass is 9.79. The van der Waals surface area contributed by atoms with Crippen molar-refractivity contribution >= 4 is 11.9 Å². The van der Waals surface area contributed by atoms with Crippen LogP contribution in [0.5, 0.6) is 0 Å². The van der Waals surface area contributed by atoms with Crippen molar-refractivity contribution in [3.05, 3.63) is 35.9 Å². The summed E-state index contributed by atoms with van der Waals surface area (Å²) in [5.41, 5.74) is 1.53. The van der Waals surface area contributed by atoms with Crippen molar-refractivity contribution in [2.75, 3.05) is 40.4 Å². The van der Waals surface area contributed by atoms with Crippen LogP contribution in [0.2, 0.25) is 0 Å². The van der Waals surface area contributed by atoms with E-state index in [9.17, 15) is 4.79 Å². The van der Waals surface area contributed by atoms with E-state index in [0.717, 1.165) is 6.54 Å². The fraction of sp³-hybridized carbons (Fsp3) is 0.579. The van der Waals surface area contributed by atoms with E-state index in [2.05, 4.69) is 51.3 Å². The average molecular weight is 346 g/mol. The van der Waals surface area contributed by atoms with Gasteiger partial charge in [0.25, 0.3) is 0 Å². The van der Waals surface area contributed by atoms with Gasteiger partial charge in [0.1, 0.15) is 0 Å². The lowest BCUT2D eigenvalue weighted by Gasteiger charge is -2.30. The molecule has 1 amide bonds. The minimum atomic E-state index is -0.0707. The number of benzene rings is 1. The minimum absolute atomic E-state index is 0.0707. The van der Waals surface area contributed by atoms with Gasteiger partial charge in [0.05, 0.1) is 13.2 Å². The number of nitrogens with zero attached hydrogens (tertiary/aromatic N) is 1. The van der Waals surface area contributed by atoms with E-state index in [4.69, 9.17) is 4.74 Å². The highest BCUT2D eigenvalue weighted by atomic mass is 16.5. The maximum absolute atomic E-state index is 11.8. The molecule has 1 aliphatic carbocycles. The summed E-state index contributed by atoms with van der Waals surface area (Å²) in [6, 6.07) is 10.7. The molecule has 0 atom stereocenters. The van der Waals surface area contributed by atoms with E-state index >= 15 is 0 Å². The van der Waals surface area contributed by atoms with Gasteiger partial charge in [-0.3, -0.25) is 9.79 Å². The number of methoxy groups -OCH3 is 1. The second kappa shape index (κ2) is 10.0. The number of nitrogens with one attached hydrogen (secondary N) is 3. The Kier molecular flexibility index (Phi) is 7.73. The Morgan fingerprint density at radius 1 is 1.16 bits per heavy atom. The minimum Gasteiger partial charge on any atom is -0.383 e. The van der Waals surface area contributed by atoms with Gasteiger partial charge < -0.3 is 20.7 Å². The van der Waals surface area contributed by atoms with Crippen molar-refractivity contribution in [1.29, 1.82) is 0 Å². The van der Waals surface area contributed by atoms with Crippen LogP contribution in [0, 0.1) is 0 Å². The van der Waals surface area contributed by atoms with Gasteiger partial charge in [-0.25, -0.2) is 0 Å². The van der Waals surface area contributed by atoms with E-state index in [1.807, 2.05) is 0 Å². The molecule has 1 aromatic rings. The fourth-order valence-corrected chi connectivity index (χ4v) is 3.40. The molecule has 1 saturated carbocycles. The number of rotatable bonds is 8. The molecule has 3 N–H and O–H groups in total. The second-order valence-corrected chi connectivity index (χ2v) is 6.48. The molecule has 1 aromatic carbocycles. The first kappa shape index (κ1) is 19.2. The van der Waals surface area contributed by atoms with Gasteiger partial charge in [0.2, 0.25) is 5.91 Å². The van der Waals surface area contributed by atoms with E-state index in [-0.39, 0.29) is 17.9 Å². The summed E-state index contributed by atoms with van der Waals surface area (Å²) in [4.78, 5) is 16.0. The quantitative estimate of drug-likeness (QED) is 0.378. The summed E-state index contributed by atoms with van der Waals surface area (Å²) < 4.78 is 4.92. The molecular weight excluding hydrogens is 316 g/mol. The fourth-order valence-electron chi connectivity index (χ4n) is 3.40. The predicted octanol–water partition coefficient (Wildman–Crippen LogP) is 1.43. The number of hydrogen-bond acceptors (Lipinski definition) is 3. The molecule has 0 bridgehead atoms. The van der Waals surface area contributed by atoms with E-state index in [0.29, 0.717) is 19.1 Å². The Morgan fingerprint density at radius 3 is 2.52 bits per heavy atom. The molecule has 0 aliphatic heterocycles. The Balaban J connectivity index is 1.85. The van der Waals surface area contributed by atoms with Crippen LogP contribution in [0.15, 0.2) is 35.3 Å². The van der Waals surface area contributed by atoms with Crippen molar-refractivity contribution in [2.24, 2.45) is 4.99 Å². The van der Waals surface area contributed by atoms with Crippen LogP contribution in [0.3, 0.4) is 0 Å². The maximum atomic E-state index is 11.8. The van der Waals surface area contributed by atoms with Crippen molar-refractivity contribution < 1.29 is 9.53 Å². The molecule has 0 spiro atoms. The van der Waals surface area contributed by atoms with Crippen molar-refractivity contribution in [3.63, 3.8) is 0 Å². The van der Waals surface area contributed by atoms with Crippen LogP contribution >= 0.6 is 0 Å². The molecule has 0 radical (unpaired) electrons. The normalized spacial score (nSPS) is 16.5. The molecule has 0 heterocycles. The third-order valence-corrected chi connectivity index (χ3v) is 4.81. The molecular formula is C19H30N4O2. The molecule has 6 nitrogen and oxygen atoms in total. The first-order valence-electron chi connectivity index (χ1n) is 8.96. The van der Waals surface area contributed by atoms with Crippen molar-refractivity contribution in [2.45, 2.75) is 31.1 Å². The zero-order chi connectivity index (χ0) is 18.0. The number of guanidine groups is 1. The molecule has 25 heavy (non-hydrogen) atoms. The summed E-state index contributed by atoms with van der Waals surface area (Å²) in [5.74, 6) is 0.586. The average Bonchev–Trinajstić information content (AvgIpc) is 3.13. The first-order chi connectivity index (χ1) is 12.2. The van der Waals surface area contributed by atoms with E-state index in [1.54, 1.807) is 14.2 Å². The molecule has 0 aromatic heterocycles. The lowest BCUT2D eigenvalue weighted by molar-refractivity contribution is -0.120. The summed E-state index contributed by atoms with van der Waals surface area (Å²) in [7, 11) is 3.34. The van der Waals surface area contributed by atoms with Gasteiger partial charge in [-0.05, 0) is 18.4 Å². The summed E-state index contributed by atoms with van der Waals surface area (Å²) >= 11 is 0. The number of ether oxygens (including phenoxy) is 1. The van der Waals surface area contributed by atoms with Gasteiger partial charge in [-0.2, -0.15) is 0 Å². The predicted molar refractivity (Wildman–Crippen MR) is 101 cm³/mol. The van der Waals surface area contributed by atoms with Crippen LogP contribution in [0.1, 0.15) is 31.2 Å². The SMILES string of the molecule is CN=C(NCC(=O)NCCOC)NCC1(c2ccccc2)CCCC1. The standard InChI is InChI=1S/C19H30N4O2/c1-20-18(22-14-17(24)21-12-13-25-2)23-15-19(10-6-7-11-19)16-8-4-3-5-9-16/h3-5,8-9H,6-7,10-15H2,1-2H3,(H,21,24)(H2,20,22,23). The van der Waals surface area contributed by atoms with Gasteiger partial charge in [0, 0.05) is 32.7 Å². The number of carbonyl (C=O) groups excluding carboxylic acids is 1. The van der Waals surface area contributed by atoms with Crippen LogP contribution in [0.25, 0.3) is 0 Å². The van der Waals surface area contributed by atoms with E-state index < -0.39 is 0 Å². The molecule has 138 valence electrons. The topological polar surface area (TPSA) is 74.8 Å². The third kappa shape index (κ3) is 5.74. The smallest absolute Gasteiger partial charge is 0.239 e. The first-order valence-corrected chi connectivity index (χ1v) is 8.96. The molecule has 0 saturated heterocycles. The maximum Gasteiger partial charge on any atom is 0.239 e. The van der Waals surface area contributed by atoms with Gasteiger partial charge >= 0.3 is 0 Å². The molecule has 2 rings (SSSR count). The van der Waals surface area contributed by atoms with Gasteiger partial charge in [0.15, 0.2) is 5.96 Å². The van der Waals surface area contributed by atoms with Crippen LogP contribution in [-0.2, 0) is 14.9 Å². The summed E-state index contributed by atoms with van der Waals surface area (Å²) in [6.45, 7) is 2.04. The zero-order valence-electron chi connectivity index (χ0n) is 15.3. The van der Waals surface area contributed by atoms with E-state index in [1.165, 1.54) is 31.2 Å². The Labute approximate surface area is 150 Å². The zero-order valence-corrected chi connectivity index (χ0v) is 15.3. The lowest BCUT2D eigenvalue weighted by Crippen LogP contribution is -2.47. The molecule has 0 unspecified atom stereocenters. The summed E-state index contributed by atoms with van der Waals surface area (Å²) in [6.07, 6.45) is 4.87. The Hall–Kier alpha value is -2.08. The monoisotopic (exact) mass is 346 g/mol.